The van der Waals surface area contributed by atoms with Crippen LogP contribution in [0.3, 0.4) is 0 Å². The molecule has 242 valence electrons. The highest BCUT2D eigenvalue weighted by molar-refractivity contribution is 5.99. The zero-order valence-corrected chi connectivity index (χ0v) is 26.2. The molecule has 2 aromatic heterocycles. The second-order valence-electron chi connectivity index (χ2n) is 12.0. The third-order valence-electron chi connectivity index (χ3n) is 8.71. The van der Waals surface area contributed by atoms with Crippen LogP contribution in [0, 0.1) is 13.8 Å². The van der Waals surface area contributed by atoms with Gasteiger partial charge in [0.15, 0.2) is 5.78 Å². The van der Waals surface area contributed by atoms with Crippen LogP contribution in [0.5, 0.6) is 0 Å². The molecule has 3 aromatic carbocycles. The number of carbonyl (C=O) groups is 1. The van der Waals surface area contributed by atoms with Gasteiger partial charge in [0.25, 0.3) is 5.56 Å². The minimum Gasteiger partial charge on any atom is -0.395 e. The first-order valence-electron chi connectivity index (χ1n) is 15.5. The Morgan fingerprint density at radius 1 is 0.872 bits per heavy atom. The molecule has 47 heavy (non-hydrogen) atoms. The van der Waals surface area contributed by atoms with Crippen LogP contribution in [0.2, 0.25) is 0 Å². The maximum absolute atomic E-state index is 14.1. The van der Waals surface area contributed by atoms with Gasteiger partial charge in [0.2, 0.25) is 0 Å². The van der Waals surface area contributed by atoms with Gasteiger partial charge in [-0.15, -0.1) is 0 Å². The topological polar surface area (TPSA) is 78.7 Å². The number of aromatic nitrogens is 2. The first-order valence-corrected chi connectivity index (χ1v) is 15.5. The number of pyridine rings is 2. The Labute approximate surface area is 270 Å². The van der Waals surface area contributed by atoms with Crippen molar-refractivity contribution in [2.75, 3.05) is 44.2 Å². The Kier molecular flexibility index (Phi) is 8.98. The quantitative estimate of drug-likeness (QED) is 0.203. The molecule has 0 bridgehead atoms. The van der Waals surface area contributed by atoms with Gasteiger partial charge < -0.3 is 10.0 Å². The Bertz CT molecular complexity index is 2000. The summed E-state index contributed by atoms with van der Waals surface area (Å²) in [6, 6.07) is 21.9. The van der Waals surface area contributed by atoms with E-state index in [0.717, 1.165) is 34.3 Å². The normalized spacial score (nSPS) is 14.1. The average Bonchev–Trinajstić information content (AvgIpc) is 3.06. The number of Topliss-reactive ketones (excluding diaryl/α,β-unsaturated/α-hetero) is 1. The molecule has 10 heteroatoms. The van der Waals surface area contributed by atoms with E-state index in [1.807, 2.05) is 66.1 Å². The maximum atomic E-state index is 14.1. The van der Waals surface area contributed by atoms with E-state index in [1.54, 1.807) is 29.0 Å². The number of hydrogen-bond donors (Lipinski definition) is 1. The third-order valence-corrected chi connectivity index (χ3v) is 8.71. The highest BCUT2D eigenvalue weighted by Crippen LogP contribution is 2.34. The molecular formula is C37H35F3N4O3. The van der Waals surface area contributed by atoms with Crippen LogP contribution in [0.15, 0.2) is 89.9 Å². The molecule has 6 rings (SSSR count). The van der Waals surface area contributed by atoms with Crippen molar-refractivity contribution in [2.45, 2.75) is 26.4 Å². The van der Waals surface area contributed by atoms with Crippen LogP contribution < -0.4 is 10.5 Å². The first kappa shape index (κ1) is 32.2. The van der Waals surface area contributed by atoms with Crippen molar-refractivity contribution >= 4 is 22.4 Å². The number of para-hydroxylation sites is 1. The molecule has 0 saturated carbocycles. The number of anilines is 1. The van der Waals surface area contributed by atoms with Crippen molar-refractivity contribution in [1.82, 2.24) is 14.5 Å². The van der Waals surface area contributed by atoms with E-state index in [9.17, 15) is 27.9 Å². The Hall–Kier alpha value is -4.80. The summed E-state index contributed by atoms with van der Waals surface area (Å²) in [4.78, 5) is 36.1. The molecule has 1 fully saturated rings. The summed E-state index contributed by atoms with van der Waals surface area (Å²) in [5.74, 6) is -0.453. The number of hydrogen-bond acceptors (Lipinski definition) is 6. The molecule has 0 unspecified atom stereocenters. The molecule has 0 amide bonds. The van der Waals surface area contributed by atoms with Gasteiger partial charge in [0, 0.05) is 78.9 Å². The number of rotatable bonds is 8. The summed E-state index contributed by atoms with van der Waals surface area (Å²) >= 11 is 0. The summed E-state index contributed by atoms with van der Waals surface area (Å²) in [6.07, 6.45) is -3.03. The Morgan fingerprint density at radius 2 is 1.62 bits per heavy atom. The van der Waals surface area contributed by atoms with Gasteiger partial charge in [-0.25, -0.2) is 0 Å². The van der Waals surface area contributed by atoms with Crippen molar-refractivity contribution < 1.29 is 23.1 Å². The van der Waals surface area contributed by atoms with E-state index in [2.05, 4.69) is 4.98 Å². The number of benzene rings is 3. The molecule has 3 heterocycles. The average molecular weight is 641 g/mol. The Morgan fingerprint density at radius 3 is 2.32 bits per heavy atom. The molecule has 1 aliphatic heterocycles. The largest absolute Gasteiger partial charge is 0.416 e. The van der Waals surface area contributed by atoms with Crippen molar-refractivity contribution in [3.05, 3.63) is 123 Å². The molecule has 1 N–H and O–H groups in total. The molecule has 0 aliphatic carbocycles. The number of alkyl halides is 3. The Balaban J connectivity index is 1.36. The predicted molar refractivity (Wildman–Crippen MR) is 177 cm³/mol. The van der Waals surface area contributed by atoms with Gasteiger partial charge >= 0.3 is 6.18 Å². The smallest absolute Gasteiger partial charge is 0.395 e. The van der Waals surface area contributed by atoms with Crippen LogP contribution in [-0.2, 0) is 12.6 Å². The number of aliphatic hydroxyl groups is 1. The molecule has 0 radical (unpaired) electrons. The molecule has 0 spiro atoms. The number of β-amino-alcohol motifs (C(OH)–C–C–N with tert-alkyl or cyclic N) is 1. The zero-order chi connectivity index (χ0) is 33.3. The fraction of sp³-hybridized carbons (Fsp3) is 0.270. The van der Waals surface area contributed by atoms with Gasteiger partial charge in [0.1, 0.15) is 0 Å². The number of aryl methyl sites for hydroxylation is 2. The molecule has 1 saturated heterocycles. The maximum Gasteiger partial charge on any atom is 0.416 e. The summed E-state index contributed by atoms with van der Waals surface area (Å²) in [5.41, 5.74) is 3.88. The summed E-state index contributed by atoms with van der Waals surface area (Å²) < 4.78 is 43.6. The fourth-order valence-corrected chi connectivity index (χ4v) is 6.18. The number of carbonyl (C=O) groups excluding carboxylic acids is 1. The third kappa shape index (κ3) is 6.84. The van der Waals surface area contributed by atoms with Gasteiger partial charge in [0.05, 0.1) is 17.7 Å². The summed E-state index contributed by atoms with van der Waals surface area (Å²) in [5, 5.41) is 10.00. The van der Waals surface area contributed by atoms with E-state index < -0.39 is 17.5 Å². The van der Waals surface area contributed by atoms with E-state index in [1.165, 1.54) is 6.07 Å². The van der Waals surface area contributed by atoms with Crippen molar-refractivity contribution in [3.63, 3.8) is 0 Å². The van der Waals surface area contributed by atoms with Gasteiger partial charge in [-0.3, -0.25) is 24.0 Å². The predicted octanol–water partition coefficient (Wildman–Crippen LogP) is 6.23. The summed E-state index contributed by atoms with van der Waals surface area (Å²) in [6.45, 7) is 6.44. The van der Waals surface area contributed by atoms with Crippen LogP contribution >= 0.6 is 0 Å². The molecule has 1 aliphatic rings. The first-order chi connectivity index (χ1) is 22.5. The highest BCUT2D eigenvalue weighted by atomic mass is 19.4. The van der Waals surface area contributed by atoms with E-state index >= 15 is 0 Å². The molecule has 5 aromatic rings. The second kappa shape index (κ2) is 13.1. The van der Waals surface area contributed by atoms with Crippen LogP contribution in [0.25, 0.3) is 27.7 Å². The monoisotopic (exact) mass is 640 g/mol. The molecular weight excluding hydrogens is 605 g/mol. The van der Waals surface area contributed by atoms with Gasteiger partial charge in [-0.2, -0.15) is 13.2 Å². The van der Waals surface area contributed by atoms with Crippen molar-refractivity contribution in [1.29, 1.82) is 0 Å². The van der Waals surface area contributed by atoms with Gasteiger partial charge in [-0.1, -0.05) is 36.4 Å². The van der Waals surface area contributed by atoms with Crippen LogP contribution in [0.4, 0.5) is 18.9 Å². The van der Waals surface area contributed by atoms with Crippen molar-refractivity contribution in [3.8, 4) is 16.8 Å². The van der Waals surface area contributed by atoms with Crippen LogP contribution in [0.1, 0.15) is 32.7 Å². The zero-order valence-electron chi connectivity index (χ0n) is 26.2. The SMILES string of the molecule is Cc1cc2c(cn1)cc(-c1cc(CC(=O)c3cc(N4CCN(CCO)CC4)cc(C(F)(F)F)c3)ccc1C)c(=O)n2-c1ccccc1. The lowest BCUT2D eigenvalue weighted by Gasteiger charge is -2.36. The van der Waals surface area contributed by atoms with E-state index in [-0.39, 0.29) is 24.2 Å². The van der Waals surface area contributed by atoms with E-state index in [4.69, 9.17) is 0 Å². The fourth-order valence-electron chi connectivity index (χ4n) is 6.18. The lowest BCUT2D eigenvalue weighted by Crippen LogP contribution is -2.47. The number of piperazine rings is 1. The number of halogens is 3. The molecule has 7 nitrogen and oxygen atoms in total. The summed E-state index contributed by atoms with van der Waals surface area (Å²) in [7, 11) is 0. The minimum atomic E-state index is -4.62. The lowest BCUT2D eigenvalue weighted by atomic mass is 9.94. The highest BCUT2D eigenvalue weighted by Gasteiger charge is 2.33. The number of fused-ring (bicyclic) bond motifs is 1. The number of ketones is 1. The van der Waals surface area contributed by atoms with E-state index in [0.29, 0.717) is 60.8 Å². The molecule has 0 atom stereocenters. The van der Waals surface area contributed by atoms with Gasteiger partial charge in [-0.05, 0) is 73.0 Å². The standard InChI is InChI=1S/C37H35F3N4O3/c1-24-8-9-26(17-32(24)33-21-28-23-41-25(2)16-34(28)44(36(33)47)30-6-4-3-5-7-30)18-35(46)27-19-29(37(38,39)40)22-31(20-27)43-12-10-42(11-13-43)14-15-45/h3-9,16-17,19-23,45H,10-15,18H2,1-2H3. The number of nitrogens with zero attached hydrogens (tertiary/aromatic N) is 4. The minimum absolute atomic E-state index is 0.0177. The van der Waals surface area contributed by atoms with Crippen LogP contribution in [-0.4, -0.2) is 64.7 Å². The lowest BCUT2D eigenvalue weighted by molar-refractivity contribution is -0.137. The second-order valence-corrected chi connectivity index (χ2v) is 12.0. The number of aliphatic hydroxyl groups excluding tert-OH is 1. The van der Waals surface area contributed by atoms with Crippen molar-refractivity contribution in [2.24, 2.45) is 0 Å².